The molecule has 0 saturated heterocycles. The minimum Gasteiger partial charge on any atom is -0.491 e. The van der Waals surface area contributed by atoms with Gasteiger partial charge in [-0.15, -0.1) is 11.6 Å². The summed E-state index contributed by atoms with van der Waals surface area (Å²) in [6, 6.07) is 15.4. The Labute approximate surface area is 206 Å². The Bertz CT molecular complexity index is 915. The van der Waals surface area contributed by atoms with Crippen molar-refractivity contribution in [1.82, 2.24) is 5.01 Å². The molecule has 0 aliphatic carbocycles. The Balaban J connectivity index is 1.95. The van der Waals surface area contributed by atoms with Crippen molar-refractivity contribution in [3.05, 3.63) is 71.1 Å². The van der Waals surface area contributed by atoms with Crippen LogP contribution in [0.3, 0.4) is 0 Å². The van der Waals surface area contributed by atoms with E-state index >= 15 is 0 Å². The molecule has 2 atom stereocenters. The summed E-state index contributed by atoms with van der Waals surface area (Å²) in [5, 5.41) is 30.3. The fourth-order valence-electron chi connectivity index (χ4n) is 3.36. The molecule has 34 heavy (non-hydrogen) atoms. The normalized spacial score (nSPS) is 14.2. The van der Waals surface area contributed by atoms with Gasteiger partial charge in [-0.25, -0.2) is 5.84 Å². The second-order valence-electron chi connectivity index (χ2n) is 8.70. The summed E-state index contributed by atoms with van der Waals surface area (Å²) >= 11 is 5.59. The van der Waals surface area contributed by atoms with Gasteiger partial charge in [-0.3, -0.25) is 0 Å². The van der Waals surface area contributed by atoms with Crippen LogP contribution in [0.4, 0.5) is 0 Å². The Morgan fingerprint density at radius 2 is 1.38 bits per heavy atom. The first kappa shape index (κ1) is 27.8. The molecular formula is C25H36ClN3O5. The van der Waals surface area contributed by atoms with Crippen molar-refractivity contribution in [1.29, 1.82) is 0 Å². The number of ether oxygens (including phenoxy) is 2. The molecule has 7 N–H and O–H groups in total. The molecule has 0 heterocycles. The average Bonchev–Trinajstić information content (AvgIpc) is 2.81. The quantitative estimate of drug-likeness (QED) is 0.163. The Kier molecular flexibility index (Phi) is 10.5. The number of hydrogen-bond acceptors (Lipinski definition) is 8. The molecule has 0 saturated carbocycles. The van der Waals surface area contributed by atoms with E-state index in [0.29, 0.717) is 22.9 Å². The molecule has 0 radical (unpaired) electrons. The van der Waals surface area contributed by atoms with Crippen LogP contribution in [0, 0.1) is 0 Å². The average molecular weight is 494 g/mol. The zero-order valence-electron chi connectivity index (χ0n) is 19.9. The van der Waals surface area contributed by atoms with Gasteiger partial charge in [0.1, 0.15) is 36.9 Å². The van der Waals surface area contributed by atoms with E-state index in [2.05, 4.69) is 13.8 Å². The number of nitrogens with zero attached hydrogens (tertiary/aromatic N) is 1. The number of hydrogen-bond donors (Lipinski definition) is 5. The molecule has 9 heteroatoms. The van der Waals surface area contributed by atoms with Crippen LogP contribution in [-0.2, 0) is 5.41 Å². The van der Waals surface area contributed by atoms with Gasteiger partial charge in [0.2, 0.25) is 0 Å². The van der Waals surface area contributed by atoms with Crippen LogP contribution in [0.2, 0.25) is 0 Å². The third kappa shape index (κ3) is 7.78. The minimum atomic E-state index is -0.867. The van der Waals surface area contributed by atoms with Crippen molar-refractivity contribution in [3.8, 4) is 11.5 Å². The molecule has 2 aromatic carbocycles. The molecule has 0 bridgehead atoms. The largest absolute Gasteiger partial charge is 0.491 e. The predicted molar refractivity (Wildman–Crippen MR) is 134 cm³/mol. The van der Waals surface area contributed by atoms with Crippen LogP contribution in [0.5, 0.6) is 11.5 Å². The summed E-state index contributed by atoms with van der Waals surface area (Å²) in [5.74, 6) is 7.29. The zero-order chi connectivity index (χ0) is 25.3. The van der Waals surface area contributed by atoms with Crippen molar-refractivity contribution >= 4 is 11.6 Å². The lowest BCUT2D eigenvalue weighted by Gasteiger charge is -2.27. The lowest BCUT2D eigenvalue weighted by Crippen LogP contribution is -2.41. The van der Waals surface area contributed by atoms with Crippen LogP contribution in [-0.4, -0.2) is 64.8 Å². The summed E-state index contributed by atoms with van der Waals surface area (Å²) in [6.45, 7) is 5.84. The molecule has 0 aliphatic rings. The Morgan fingerprint density at radius 3 is 1.76 bits per heavy atom. The second-order valence-corrected chi connectivity index (χ2v) is 9.01. The number of allylic oxidation sites excluding steroid dienone is 1. The lowest BCUT2D eigenvalue weighted by atomic mass is 9.78. The van der Waals surface area contributed by atoms with Crippen LogP contribution >= 0.6 is 11.6 Å². The van der Waals surface area contributed by atoms with Gasteiger partial charge in [-0.2, -0.15) is 0 Å². The second kappa shape index (κ2) is 12.8. The van der Waals surface area contributed by atoms with Crippen molar-refractivity contribution in [2.24, 2.45) is 11.6 Å². The summed E-state index contributed by atoms with van der Waals surface area (Å²) in [5.41, 5.74) is 8.37. The van der Waals surface area contributed by atoms with Crippen molar-refractivity contribution < 1.29 is 24.8 Å². The van der Waals surface area contributed by atoms with Crippen molar-refractivity contribution in [3.63, 3.8) is 0 Å². The summed E-state index contributed by atoms with van der Waals surface area (Å²) < 4.78 is 11.2. The smallest absolute Gasteiger partial charge is 0.119 e. The molecule has 0 aromatic heterocycles. The maximum absolute atomic E-state index is 10.2. The molecule has 0 spiro atoms. The van der Waals surface area contributed by atoms with Crippen molar-refractivity contribution in [2.45, 2.75) is 38.4 Å². The highest BCUT2D eigenvalue weighted by Gasteiger charge is 2.23. The highest BCUT2D eigenvalue weighted by Crippen LogP contribution is 2.33. The number of benzene rings is 2. The Morgan fingerprint density at radius 1 is 0.941 bits per heavy atom. The number of aliphatic hydroxyl groups excluding tert-OH is 3. The maximum Gasteiger partial charge on any atom is 0.119 e. The molecule has 2 rings (SSSR count). The van der Waals surface area contributed by atoms with Crippen molar-refractivity contribution in [2.75, 3.05) is 32.2 Å². The first-order chi connectivity index (χ1) is 16.1. The summed E-state index contributed by atoms with van der Waals surface area (Å²) in [6.07, 6.45) is -1.56. The third-order valence-corrected chi connectivity index (χ3v) is 5.93. The SMILES string of the molecule is C/C(N)=C(\CO)N(N)CC(O)COc1ccc(C(C)(C)c2ccc(OC[C@@H](O)CCl)cc2)cc1. The topological polar surface area (TPSA) is 134 Å². The van der Waals surface area contributed by atoms with Crippen LogP contribution in [0.1, 0.15) is 31.9 Å². The van der Waals surface area contributed by atoms with E-state index in [9.17, 15) is 15.3 Å². The number of hydrazine groups is 1. The van der Waals surface area contributed by atoms with E-state index in [1.54, 1.807) is 6.92 Å². The molecule has 188 valence electrons. The molecule has 0 fully saturated rings. The zero-order valence-corrected chi connectivity index (χ0v) is 20.7. The molecule has 0 amide bonds. The number of nitrogens with two attached hydrogens (primary N) is 2. The van der Waals surface area contributed by atoms with E-state index in [1.165, 1.54) is 5.01 Å². The van der Waals surface area contributed by atoms with Crippen LogP contribution in [0.25, 0.3) is 0 Å². The highest BCUT2D eigenvalue weighted by molar-refractivity contribution is 6.18. The third-order valence-electron chi connectivity index (χ3n) is 5.57. The van der Waals surface area contributed by atoms with E-state index in [4.69, 9.17) is 32.7 Å². The monoisotopic (exact) mass is 493 g/mol. The molecule has 0 aliphatic heterocycles. The van der Waals surface area contributed by atoms with E-state index < -0.39 is 12.2 Å². The molecule has 1 unspecified atom stereocenters. The number of halogens is 1. The van der Waals surface area contributed by atoms with Gasteiger partial charge in [0.25, 0.3) is 0 Å². The molecular weight excluding hydrogens is 458 g/mol. The van der Waals surface area contributed by atoms with E-state index in [1.807, 2.05) is 48.5 Å². The maximum atomic E-state index is 10.2. The van der Waals surface area contributed by atoms with Gasteiger partial charge in [-0.1, -0.05) is 38.1 Å². The van der Waals surface area contributed by atoms with Gasteiger partial charge in [0.15, 0.2) is 0 Å². The van der Waals surface area contributed by atoms with Gasteiger partial charge >= 0.3 is 0 Å². The first-order valence-corrected chi connectivity index (χ1v) is 11.6. The first-order valence-electron chi connectivity index (χ1n) is 11.1. The van der Waals surface area contributed by atoms with Gasteiger partial charge in [-0.05, 0) is 42.3 Å². The Hall–Kier alpha value is -2.49. The van der Waals surface area contributed by atoms with Crippen LogP contribution in [0.15, 0.2) is 59.9 Å². The van der Waals surface area contributed by atoms with E-state index in [0.717, 1.165) is 11.1 Å². The molecule has 2 aromatic rings. The van der Waals surface area contributed by atoms with Crippen LogP contribution < -0.4 is 21.1 Å². The molecule has 8 nitrogen and oxygen atoms in total. The summed E-state index contributed by atoms with van der Waals surface area (Å²) in [4.78, 5) is 0. The fourth-order valence-corrected chi connectivity index (χ4v) is 3.45. The lowest BCUT2D eigenvalue weighted by molar-refractivity contribution is 0.0741. The van der Waals surface area contributed by atoms with Gasteiger partial charge in [0, 0.05) is 11.1 Å². The minimum absolute atomic E-state index is 0.0403. The standard InChI is InChI=1S/C25H36ClN3O5/c1-17(27)24(14-30)29(28)13-21(32)16-34-23-10-6-19(7-11-23)25(2,3)18-4-8-22(9-5-18)33-15-20(31)12-26/h4-11,20-21,30-32H,12-16,27-28H2,1-3H3/b24-17-/t20-,21?/m0/s1. The predicted octanol–water partition coefficient (Wildman–Crippen LogP) is 2.09. The summed E-state index contributed by atoms with van der Waals surface area (Å²) in [7, 11) is 0. The highest BCUT2D eigenvalue weighted by atomic mass is 35.5. The number of aliphatic hydroxyl groups is 3. The fraction of sp³-hybridized carbons (Fsp3) is 0.440. The van der Waals surface area contributed by atoms with E-state index in [-0.39, 0.29) is 37.7 Å². The number of rotatable bonds is 13. The van der Waals surface area contributed by atoms with Gasteiger partial charge < -0.3 is 35.5 Å². The van der Waals surface area contributed by atoms with Gasteiger partial charge in [0.05, 0.1) is 24.7 Å². The number of alkyl halides is 1.